The van der Waals surface area contributed by atoms with Gasteiger partial charge in [-0.05, 0) is 28.9 Å². The van der Waals surface area contributed by atoms with E-state index < -0.39 is 6.72 Å². The molecule has 3 rings (SSSR count). The number of hydrogen-bond acceptors (Lipinski definition) is 2. The summed E-state index contributed by atoms with van der Waals surface area (Å²) in [6.45, 7) is -3.65. The first-order valence-electron chi connectivity index (χ1n) is 5.85. The van der Waals surface area contributed by atoms with E-state index in [1.165, 1.54) is 0 Å². The van der Waals surface area contributed by atoms with Crippen LogP contribution in [0.25, 0.3) is 5.57 Å². The van der Waals surface area contributed by atoms with Gasteiger partial charge in [-0.25, -0.2) is 0 Å². The molecule has 0 N–H and O–H groups in total. The average Bonchev–Trinajstić information content (AvgIpc) is 2.46. The van der Waals surface area contributed by atoms with Crippen molar-refractivity contribution < 1.29 is 9.09 Å². The lowest BCUT2D eigenvalue weighted by Gasteiger charge is -2.25. The van der Waals surface area contributed by atoms with E-state index in [0.29, 0.717) is 21.9 Å². The first kappa shape index (κ1) is 15.3. The second kappa shape index (κ2) is 5.53. The molecule has 0 saturated carbocycles. The molecule has 0 bridgehead atoms. The van der Waals surface area contributed by atoms with Crippen LogP contribution in [0.1, 0.15) is 11.1 Å². The quantitative estimate of drug-likeness (QED) is 0.511. The molecule has 108 valence electrons. The van der Waals surface area contributed by atoms with E-state index in [9.17, 15) is 4.57 Å². The van der Waals surface area contributed by atoms with Gasteiger partial charge in [0, 0.05) is 11.1 Å². The third kappa shape index (κ3) is 2.60. The summed E-state index contributed by atoms with van der Waals surface area (Å²) in [6, 6.07) is 12.3. The highest BCUT2D eigenvalue weighted by molar-refractivity contribution is 7.90. The lowest BCUT2D eigenvalue weighted by Crippen LogP contribution is -2.04. The van der Waals surface area contributed by atoms with E-state index in [2.05, 4.69) is 0 Å². The fourth-order valence-corrected chi connectivity index (χ4v) is 4.30. The van der Waals surface area contributed by atoms with Gasteiger partial charge in [0.1, 0.15) is 10.5 Å². The fourth-order valence-electron chi connectivity index (χ4n) is 2.11. The highest BCUT2D eigenvalue weighted by atomic mass is 35.7. The van der Waals surface area contributed by atoms with Crippen LogP contribution in [-0.4, -0.2) is 0 Å². The van der Waals surface area contributed by atoms with Gasteiger partial charge in [-0.15, -0.1) is 0 Å². The summed E-state index contributed by atoms with van der Waals surface area (Å²) < 4.78 is 17.6. The van der Waals surface area contributed by atoms with Crippen molar-refractivity contribution in [2.45, 2.75) is 0 Å². The largest absolute Gasteiger partial charge is 0.428 e. The molecule has 7 heteroatoms. The normalized spacial score (nSPS) is 21.0. The predicted molar refractivity (Wildman–Crippen MR) is 88.9 cm³/mol. The number of fused-ring (bicyclic) bond motifs is 1. The molecule has 0 saturated heterocycles. The van der Waals surface area contributed by atoms with Gasteiger partial charge in [0.2, 0.25) is 0 Å². The van der Waals surface area contributed by atoms with Crippen molar-refractivity contribution in [3.05, 3.63) is 68.4 Å². The summed E-state index contributed by atoms with van der Waals surface area (Å²) in [6.07, 6.45) is 0. The molecule has 2 nitrogen and oxygen atoms in total. The Morgan fingerprint density at radius 2 is 1.62 bits per heavy atom. The molecule has 0 aliphatic carbocycles. The minimum Gasteiger partial charge on any atom is -0.428 e. The summed E-state index contributed by atoms with van der Waals surface area (Å²) >= 11 is 24.5. The van der Waals surface area contributed by atoms with Crippen molar-refractivity contribution in [3.63, 3.8) is 0 Å². The van der Waals surface area contributed by atoms with Crippen molar-refractivity contribution in [2.75, 3.05) is 0 Å². The summed E-state index contributed by atoms with van der Waals surface area (Å²) in [5, 5.41) is 0.630. The molecular formula is C14H7Cl4O2P. The van der Waals surface area contributed by atoms with Crippen molar-refractivity contribution >= 4 is 58.3 Å². The van der Waals surface area contributed by atoms with Crippen LogP contribution in [-0.2, 0) is 4.57 Å². The van der Waals surface area contributed by atoms with E-state index in [-0.39, 0.29) is 9.80 Å². The van der Waals surface area contributed by atoms with Crippen LogP contribution in [0.5, 0.6) is 5.75 Å². The second-order valence-electron chi connectivity index (χ2n) is 4.34. The van der Waals surface area contributed by atoms with Crippen LogP contribution in [0.4, 0.5) is 0 Å². The number of halogens is 4. The number of hydrogen-bond donors (Lipinski definition) is 0. The maximum absolute atomic E-state index is 12.4. The Bertz CT molecular complexity index is 802. The minimum atomic E-state index is -3.65. The second-order valence-corrected chi connectivity index (χ2v) is 8.69. The fraction of sp³-hybridized carbons (Fsp3) is 0. The van der Waals surface area contributed by atoms with Crippen molar-refractivity contribution in [2.24, 2.45) is 0 Å². The summed E-state index contributed by atoms with van der Waals surface area (Å²) in [5.74, 6) is 0.297. The molecule has 1 unspecified atom stereocenters. The van der Waals surface area contributed by atoms with Gasteiger partial charge >= 0.3 is 6.72 Å². The van der Waals surface area contributed by atoms with Gasteiger partial charge in [0.15, 0.2) is 0 Å². The van der Waals surface area contributed by atoms with Gasteiger partial charge in [-0.3, -0.25) is 4.57 Å². The molecule has 2 aromatic rings. The number of benzene rings is 2. The average molecular weight is 380 g/mol. The topological polar surface area (TPSA) is 26.3 Å². The smallest absolute Gasteiger partial charge is 0.378 e. The standard InChI is InChI=1S/C14H7Cl4O2P/c15-9-6-7-10-12(13(9)16)11(8-4-2-1-3-5-8)14(17)21(18,19)20-10/h1-7H. The van der Waals surface area contributed by atoms with Crippen LogP contribution in [0.15, 0.2) is 47.2 Å². The lowest BCUT2D eigenvalue weighted by molar-refractivity contribution is 0.503. The number of rotatable bonds is 1. The Balaban J connectivity index is 2.39. The van der Waals surface area contributed by atoms with E-state index in [1.54, 1.807) is 12.1 Å². The Hall–Kier alpha value is -0.630. The molecule has 0 aromatic heterocycles. The molecule has 1 heterocycles. The molecular weight excluding hydrogens is 373 g/mol. The first-order valence-corrected chi connectivity index (χ1v) is 9.51. The van der Waals surface area contributed by atoms with E-state index >= 15 is 0 Å². The third-order valence-corrected chi connectivity index (χ3v) is 6.78. The van der Waals surface area contributed by atoms with Gasteiger partial charge in [-0.1, -0.05) is 65.1 Å². The van der Waals surface area contributed by atoms with Crippen LogP contribution >= 0.6 is 52.8 Å². The SMILES string of the molecule is O=P1(Cl)Oc2ccc(Cl)c(Cl)c2C(c2ccccc2)=C1Cl. The molecule has 1 atom stereocenters. The highest BCUT2D eigenvalue weighted by Crippen LogP contribution is 2.68. The van der Waals surface area contributed by atoms with E-state index in [0.717, 1.165) is 5.56 Å². The molecule has 1 aliphatic heterocycles. The minimum absolute atomic E-state index is 0.0629. The van der Waals surface area contributed by atoms with Crippen molar-refractivity contribution in [3.8, 4) is 5.75 Å². The van der Waals surface area contributed by atoms with Gasteiger partial charge in [0.05, 0.1) is 10.0 Å². The Morgan fingerprint density at radius 3 is 2.29 bits per heavy atom. The zero-order valence-electron chi connectivity index (χ0n) is 10.3. The Labute approximate surface area is 141 Å². The van der Waals surface area contributed by atoms with Crippen molar-refractivity contribution in [1.29, 1.82) is 0 Å². The lowest BCUT2D eigenvalue weighted by atomic mass is 9.98. The molecule has 0 spiro atoms. The van der Waals surface area contributed by atoms with Gasteiger partial charge in [-0.2, -0.15) is 0 Å². The molecule has 2 aromatic carbocycles. The zero-order chi connectivity index (χ0) is 15.2. The van der Waals surface area contributed by atoms with Gasteiger partial charge in [0.25, 0.3) is 0 Å². The highest BCUT2D eigenvalue weighted by Gasteiger charge is 2.38. The summed E-state index contributed by atoms with van der Waals surface area (Å²) in [7, 11) is 0. The van der Waals surface area contributed by atoms with Crippen molar-refractivity contribution in [1.82, 2.24) is 0 Å². The monoisotopic (exact) mass is 378 g/mol. The zero-order valence-corrected chi connectivity index (χ0v) is 14.2. The summed E-state index contributed by atoms with van der Waals surface area (Å²) in [5.41, 5.74) is 1.70. The maximum atomic E-state index is 12.4. The van der Waals surface area contributed by atoms with Crippen LogP contribution in [0.2, 0.25) is 10.0 Å². The van der Waals surface area contributed by atoms with Crippen LogP contribution in [0, 0.1) is 0 Å². The molecule has 0 radical (unpaired) electrons. The van der Waals surface area contributed by atoms with E-state index in [4.69, 9.17) is 50.6 Å². The molecule has 1 aliphatic rings. The third-order valence-electron chi connectivity index (χ3n) is 3.03. The Morgan fingerprint density at radius 1 is 0.952 bits per heavy atom. The Kier molecular flexibility index (Phi) is 4.02. The molecule has 0 fully saturated rings. The summed E-state index contributed by atoms with van der Waals surface area (Å²) in [4.78, 5) is 0. The van der Waals surface area contributed by atoms with Crippen LogP contribution in [0.3, 0.4) is 0 Å². The first-order chi connectivity index (χ1) is 9.92. The van der Waals surface area contributed by atoms with Gasteiger partial charge < -0.3 is 4.52 Å². The molecule has 21 heavy (non-hydrogen) atoms. The maximum Gasteiger partial charge on any atom is 0.378 e. The predicted octanol–water partition coefficient (Wildman–Crippen LogP) is 6.77. The molecule has 0 amide bonds. The van der Waals surface area contributed by atoms with E-state index in [1.807, 2.05) is 30.3 Å². The van der Waals surface area contributed by atoms with Crippen LogP contribution < -0.4 is 4.52 Å².